The summed E-state index contributed by atoms with van der Waals surface area (Å²) in [6.45, 7) is 3.04. The first kappa shape index (κ1) is 25.2. The molecule has 39 heavy (non-hydrogen) atoms. The Labute approximate surface area is 226 Å². The zero-order chi connectivity index (χ0) is 26.6. The van der Waals surface area contributed by atoms with Gasteiger partial charge in [-0.3, -0.25) is 19.7 Å². The van der Waals surface area contributed by atoms with E-state index < -0.39 is 0 Å². The molecule has 0 unspecified atom stereocenters. The summed E-state index contributed by atoms with van der Waals surface area (Å²) in [4.78, 5) is 6.41. The number of rotatable bonds is 9. The summed E-state index contributed by atoms with van der Waals surface area (Å²) in [7, 11) is 1.63. The standard InChI is InChI=1S/C30H31FN6O2/c1-38-14-15-39-29-6-2-5-27(31)26(29)20-36-13-3-4-24(19-36)37-18-23(17-33-37)22-7-8-28-25(16-22)30(35-34-28)21-9-11-32-12-10-21/h2,5-12,16-18,24H,3-4,13-15,19-20H2,1H3,(H,34,35)/t24-/m1/s1. The Kier molecular flexibility index (Phi) is 7.33. The van der Waals surface area contributed by atoms with E-state index in [1.54, 1.807) is 25.6 Å². The van der Waals surface area contributed by atoms with Crippen molar-refractivity contribution in [1.82, 2.24) is 29.9 Å². The minimum Gasteiger partial charge on any atom is -0.491 e. The van der Waals surface area contributed by atoms with Crippen molar-refractivity contribution in [3.8, 4) is 28.1 Å². The van der Waals surface area contributed by atoms with Gasteiger partial charge in [0, 0.05) is 60.9 Å². The van der Waals surface area contributed by atoms with Crippen LogP contribution in [0.15, 0.2) is 73.3 Å². The van der Waals surface area contributed by atoms with Crippen LogP contribution in [0.25, 0.3) is 33.3 Å². The summed E-state index contributed by atoms with van der Waals surface area (Å²) in [6.07, 6.45) is 9.63. The van der Waals surface area contributed by atoms with Gasteiger partial charge >= 0.3 is 0 Å². The van der Waals surface area contributed by atoms with Crippen molar-refractivity contribution in [2.75, 3.05) is 33.4 Å². The average Bonchev–Trinajstić information content (AvgIpc) is 3.63. The minimum atomic E-state index is -0.241. The summed E-state index contributed by atoms with van der Waals surface area (Å²) >= 11 is 0. The van der Waals surface area contributed by atoms with Crippen LogP contribution >= 0.6 is 0 Å². The van der Waals surface area contributed by atoms with E-state index in [0.29, 0.717) is 31.1 Å². The fourth-order valence-corrected chi connectivity index (χ4v) is 5.29. The molecule has 9 heteroatoms. The molecular weight excluding hydrogens is 495 g/mol. The number of benzene rings is 2. The van der Waals surface area contributed by atoms with E-state index in [0.717, 1.165) is 59.2 Å². The van der Waals surface area contributed by atoms with Gasteiger partial charge in [-0.15, -0.1) is 0 Å². The molecule has 0 bridgehead atoms. The van der Waals surface area contributed by atoms with Gasteiger partial charge in [0.2, 0.25) is 0 Å². The number of nitrogens with zero attached hydrogens (tertiary/aromatic N) is 5. The predicted molar refractivity (Wildman–Crippen MR) is 148 cm³/mol. The summed E-state index contributed by atoms with van der Waals surface area (Å²) in [5.74, 6) is 0.338. The highest BCUT2D eigenvalue weighted by Crippen LogP contribution is 2.32. The first-order chi connectivity index (χ1) is 19.2. The van der Waals surface area contributed by atoms with Gasteiger partial charge in [-0.05, 0) is 61.3 Å². The molecule has 4 heterocycles. The molecule has 1 N–H and O–H groups in total. The Hall–Kier alpha value is -4.08. The lowest BCUT2D eigenvalue weighted by Crippen LogP contribution is -2.36. The number of methoxy groups -OCH3 is 1. The maximum atomic E-state index is 14.8. The molecular formula is C30H31FN6O2. The van der Waals surface area contributed by atoms with E-state index in [1.165, 1.54) is 6.07 Å². The van der Waals surface area contributed by atoms with Gasteiger partial charge in [0.05, 0.1) is 24.4 Å². The lowest BCUT2D eigenvalue weighted by Gasteiger charge is -2.33. The van der Waals surface area contributed by atoms with Gasteiger partial charge in [0.15, 0.2) is 0 Å². The van der Waals surface area contributed by atoms with Crippen LogP contribution in [0.1, 0.15) is 24.4 Å². The normalized spacial score (nSPS) is 16.1. The predicted octanol–water partition coefficient (Wildman–Crippen LogP) is 5.49. The van der Waals surface area contributed by atoms with Crippen molar-refractivity contribution in [3.63, 3.8) is 0 Å². The van der Waals surface area contributed by atoms with E-state index in [1.807, 2.05) is 24.4 Å². The zero-order valence-electron chi connectivity index (χ0n) is 21.9. The van der Waals surface area contributed by atoms with Gasteiger partial charge in [0.25, 0.3) is 0 Å². The number of nitrogens with one attached hydrogen (secondary N) is 1. The van der Waals surface area contributed by atoms with Gasteiger partial charge in [-0.1, -0.05) is 12.1 Å². The van der Waals surface area contributed by atoms with Crippen LogP contribution in [0.4, 0.5) is 4.39 Å². The van der Waals surface area contributed by atoms with Crippen molar-refractivity contribution in [1.29, 1.82) is 0 Å². The van der Waals surface area contributed by atoms with E-state index in [4.69, 9.17) is 14.6 Å². The maximum Gasteiger partial charge on any atom is 0.131 e. The summed E-state index contributed by atoms with van der Waals surface area (Å²) < 4.78 is 27.7. The van der Waals surface area contributed by atoms with Crippen molar-refractivity contribution in [2.24, 2.45) is 0 Å². The highest BCUT2D eigenvalue weighted by Gasteiger charge is 2.24. The van der Waals surface area contributed by atoms with E-state index in [9.17, 15) is 4.39 Å². The number of halogens is 1. The fourth-order valence-electron chi connectivity index (χ4n) is 5.29. The van der Waals surface area contributed by atoms with Crippen LogP contribution in [-0.2, 0) is 11.3 Å². The molecule has 1 saturated heterocycles. The number of ether oxygens (including phenoxy) is 2. The molecule has 2 aromatic carbocycles. The lowest BCUT2D eigenvalue weighted by atomic mass is 10.0. The largest absolute Gasteiger partial charge is 0.491 e. The monoisotopic (exact) mass is 526 g/mol. The first-order valence-electron chi connectivity index (χ1n) is 13.2. The molecule has 0 radical (unpaired) electrons. The number of hydrogen-bond donors (Lipinski definition) is 1. The number of fused-ring (bicyclic) bond motifs is 1. The number of H-pyrrole nitrogens is 1. The van der Waals surface area contributed by atoms with Crippen LogP contribution in [0.2, 0.25) is 0 Å². The number of pyridine rings is 1. The number of aromatic amines is 1. The molecule has 5 aromatic rings. The molecule has 1 aliphatic rings. The summed E-state index contributed by atoms with van der Waals surface area (Å²) in [5.41, 5.74) is 5.64. The number of aromatic nitrogens is 5. The molecule has 1 atom stereocenters. The Morgan fingerprint density at radius 1 is 1.05 bits per heavy atom. The van der Waals surface area contributed by atoms with Crippen LogP contribution < -0.4 is 4.74 Å². The van der Waals surface area contributed by atoms with Gasteiger partial charge in [-0.25, -0.2) is 4.39 Å². The number of piperidine rings is 1. The third kappa shape index (κ3) is 5.41. The number of likely N-dealkylation sites (tertiary alicyclic amines) is 1. The molecule has 8 nitrogen and oxygen atoms in total. The highest BCUT2D eigenvalue weighted by atomic mass is 19.1. The molecule has 0 saturated carbocycles. The third-order valence-corrected chi connectivity index (χ3v) is 7.31. The Balaban J connectivity index is 1.19. The van der Waals surface area contributed by atoms with E-state index in [2.05, 4.69) is 49.2 Å². The molecule has 200 valence electrons. The first-order valence-corrected chi connectivity index (χ1v) is 13.2. The van der Waals surface area contributed by atoms with Crippen LogP contribution in [-0.4, -0.2) is 63.3 Å². The highest BCUT2D eigenvalue weighted by molar-refractivity contribution is 5.95. The Morgan fingerprint density at radius 2 is 1.95 bits per heavy atom. The molecule has 6 rings (SSSR count). The molecule has 0 spiro atoms. The zero-order valence-corrected chi connectivity index (χ0v) is 21.9. The van der Waals surface area contributed by atoms with Crippen LogP contribution in [0.3, 0.4) is 0 Å². The Bertz CT molecular complexity index is 1550. The van der Waals surface area contributed by atoms with Gasteiger partial charge in [0.1, 0.15) is 23.9 Å². The molecule has 0 aliphatic carbocycles. The Morgan fingerprint density at radius 3 is 2.82 bits per heavy atom. The van der Waals surface area contributed by atoms with Crippen molar-refractivity contribution >= 4 is 10.9 Å². The van der Waals surface area contributed by atoms with Crippen LogP contribution in [0.5, 0.6) is 5.75 Å². The SMILES string of the molecule is COCCOc1cccc(F)c1CN1CCC[C@@H](n2cc(-c3ccc4[nH]nc(-c5ccncc5)c4c3)cn2)C1. The molecule has 3 aromatic heterocycles. The smallest absolute Gasteiger partial charge is 0.131 e. The fraction of sp³-hybridized carbons (Fsp3) is 0.300. The van der Waals surface area contributed by atoms with Crippen LogP contribution in [0, 0.1) is 5.82 Å². The average molecular weight is 527 g/mol. The van der Waals surface area contributed by atoms with E-state index >= 15 is 0 Å². The second-order valence-corrected chi connectivity index (χ2v) is 9.87. The molecule has 1 aliphatic heterocycles. The quantitative estimate of drug-likeness (QED) is 0.256. The van der Waals surface area contributed by atoms with Crippen molar-refractivity contribution in [3.05, 3.63) is 84.7 Å². The van der Waals surface area contributed by atoms with Crippen molar-refractivity contribution in [2.45, 2.75) is 25.4 Å². The summed E-state index contributed by atoms with van der Waals surface area (Å²) in [5, 5.41) is 13.5. The maximum absolute atomic E-state index is 14.8. The lowest BCUT2D eigenvalue weighted by molar-refractivity contribution is 0.140. The minimum absolute atomic E-state index is 0.210. The van der Waals surface area contributed by atoms with E-state index in [-0.39, 0.29) is 11.9 Å². The molecule has 0 amide bonds. The third-order valence-electron chi connectivity index (χ3n) is 7.31. The van der Waals surface area contributed by atoms with Gasteiger partial charge in [-0.2, -0.15) is 10.2 Å². The second-order valence-electron chi connectivity index (χ2n) is 9.87. The topological polar surface area (TPSA) is 81.1 Å². The second kappa shape index (κ2) is 11.3. The molecule has 1 fully saturated rings. The number of hydrogen-bond acceptors (Lipinski definition) is 6. The van der Waals surface area contributed by atoms with Gasteiger partial charge < -0.3 is 9.47 Å². The summed E-state index contributed by atoms with van der Waals surface area (Å²) in [6, 6.07) is 15.5. The van der Waals surface area contributed by atoms with Crippen molar-refractivity contribution < 1.29 is 13.9 Å².